The minimum atomic E-state index is -0.246. The number of para-hydroxylation sites is 1. The Morgan fingerprint density at radius 2 is 1.86 bits per heavy atom. The summed E-state index contributed by atoms with van der Waals surface area (Å²) in [6, 6.07) is 30.5. The fraction of sp³-hybridized carbons (Fsp3) is 0.281. The maximum atomic E-state index is 13.3. The normalized spacial score (nSPS) is 22.0. The molecular weight excluding hydrogens is 458 g/mol. The van der Waals surface area contributed by atoms with E-state index in [-0.39, 0.29) is 17.9 Å². The van der Waals surface area contributed by atoms with Crippen LogP contribution < -0.4 is 10.1 Å². The molecular formula is C32H29N3O2. The van der Waals surface area contributed by atoms with Crippen LogP contribution in [0.25, 0.3) is 10.9 Å². The van der Waals surface area contributed by atoms with E-state index in [1.807, 2.05) is 54.6 Å². The summed E-state index contributed by atoms with van der Waals surface area (Å²) in [6.07, 6.45) is 4.61. The van der Waals surface area contributed by atoms with E-state index in [0.717, 1.165) is 40.8 Å². The van der Waals surface area contributed by atoms with Gasteiger partial charge in [-0.15, -0.1) is 0 Å². The zero-order chi connectivity index (χ0) is 25.2. The smallest absolute Gasteiger partial charge is 0.252 e. The van der Waals surface area contributed by atoms with Gasteiger partial charge in [-0.3, -0.25) is 4.79 Å². The van der Waals surface area contributed by atoms with Gasteiger partial charge in [0, 0.05) is 16.4 Å². The lowest BCUT2D eigenvalue weighted by atomic mass is 9.63. The zero-order valence-corrected chi connectivity index (χ0v) is 20.7. The second-order valence-corrected chi connectivity index (χ2v) is 10.2. The number of aromatic nitrogens is 1. The summed E-state index contributed by atoms with van der Waals surface area (Å²) >= 11 is 0. The van der Waals surface area contributed by atoms with E-state index in [1.54, 1.807) is 0 Å². The molecule has 6 rings (SSSR count). The Morgan fingerprint density at radius 1 is 1.03 bits per heavy atom. The molecule has 4 aromatic rings. The number of carbonyl (C=O) groups excluding carboxylic acids is 1. The van der Waals surface area contributed by atoms with E-state index in [1.165, 1.54) is 18.4 Å². The molecule has 0 radical (unpaired) electrons. The maximum Gasteiger partial charge on any atom is 0.252 e. The number of nitriles is 1. The second-order valence-electron chi connectivity index (χ2n) is 10.2. The Hall–Kier alpha value is -4.17. The highest BCUT2D eigenvalue weighted by molar-refractivity contribution is 5.96. The molecule has 2 aliphatic rings. The van der Waals surface area contributed by atoms with Crippen molar-refractivity contribution in [3.05, 3.63) is 107 Å². The first-order valence-corrected chi connectivity index (χ1v) is 13.0. The van der Waals surface area contributed by atoms with Gasteiger partial charge in [0.15, 0.2) is 0 Å². The standard InChI is InChI=1S/C32H29N3O2/c33-16-17-34-31(36)28-15-14-27(37-21-26-13-11-23-6-4-5-9-30(23)35-26)19-29(28)32(24-7-2-1-3-8-24)20-22-10-12-25(32)18-22/h1-9,11,13-15,19,22,25H,10,12,17-18,20-21H2,(H,34,36). The monoisotopic (exact) mass is 487 g/mol. The van der Waals surface area contributed by atoms with Crippen LogP contribution in [0, 0.1) is 23.2 Å². The number of rotatable bonds is 7. The number of pyridine rings is 1. The number of ether oxygens (including phenoxy) is 1. The van der Waals surface area contributed by atoms with Crippen LogP contribution in [0.5, 0.6) is 5.75 Å². The Balaban J connectivity index is 1.39. The average molecular weight is 488 g/mol. The first kappa shape index (κ1) is 23.2. The minimum Gasteiger partial charge on any atom is -0.487 e. The van der Waals surface area contributed by atoms with Crippen molar-refractivity contribution in [1.29, 1.82) is 5.26 Å². The molecule has 0 aliphatic heterocycles. The highest BCUT2D eigenvalue weighted by Crippen LogP contribution is 2.60. The molecule has 2 fully saturated rings. The van der Waals surface area contributed by atoms with Crippen LogP contribution in [0.15, 0.2) is 84.9 Å². The third-order valence-corrected chi connectivity index (χ3v) is 8.22. The SMILES string of the molecule is N#CCNC(=O)c1ccc(OCc2ccc3ccccc3n2)cc1C1(c2ccccc2)CC2CCC1C2. The molecule has 2 saturated carbocycles. The molecule has 1 N–H and O–H groups in total. The molecule has 0 saturated heterocycles. The number of benzene rings is 3. The highest BCUT2D eigenvalue weighted by Gasteiger charge is 2.53. The van der Waals surface area contributed by atoms with Crippen LogP contribution in [-0.2, 0) is 12.0 Å². The lowest BCUT2D eigenvalue weighted by Gasteiger charge is -2.40. The maximum absolute atomic E-state index is 13.3. The van der Waals surface area contributed by atoms with Gasteiger partial charge in [-0.05, 0) is 72.6 Å². The molecule has 3 atom stereocenters. The largest absolute Gasteiger partial charge is 0.487 e. The van der Waals surface area contributed by atoms with Gasteiger partial charge < -0.3 is 10.1 Å². The van der Waals surface area contributed by atoms with Crippen molar-refractivity contribution >= 4 is 16.8 Å². The number of nitrogens with one attached hydrogen (secondary N) is 1. The average Bonchev–Trinajstić information content (AvgIpc) is 3.58. The molecule has 37 heavy (non-hydrogen) atoms. The molecule has 1 aromatic heterocycles. The van der Waals surface area contributed by atoms with Crippen LogP contribution in [-0.4, -0.2) is 17.4 Å². The molecule has 3 aromatic carbocycles. The summed E-state index contributed by atoms with van der Waals surface area (Å²) in [7, 11) is 0. The van der Waals surface area contributed by atoms with Gasteiger partial charge in [0.05, 0.1) is 17.3 Å². The Bertz CT molecular complexity index is 1490. The summed E-state index contributed by atoms with van der Waals surface area (Å²) in [4.78, 5) is 18.0. The van der Waals surface area contributed by atoms with Gasteiger partial charge in [0.1, 0.15) is 18.9 Å². The van der Waals surface area contributed by atoms with Gasteiger partial charge in [-0.2, -0.15) is 5.26 Å². The van der Waals surface area contributed by atoms with E-state index in [4.69, 9.17) is 15.0 Å². The minimum absolute atomic E-state index is 0.0193. The first-order valence-electron chi connectivity index (χ1n) is 13.0. The number of nitrogens with zero attached hydrogens (tertiary/aromatic N) is 2. The van der Waals surface area contributed by atoms with Gasteiger partial charge in [-0.1, -0.05) is 61.0 Å². The Morgan fingerprint density at radius 3 is 2.65 bits per heavy atom. The predicted octanol–water partition coefficient (Wildman–Crippen LogP) is 6.17. The molecule has 1 amide bonds. The van der Waals surface area contributed by atoms with Gasteiger partial charge in [0.2, 0.25) is 0 Å². The Labute approximate surface area is 217 Å². The van der Waals surface area contributed by atoms with Crippen LogP contribution >= 0.6 is 0 Å². The highest BCUT2D eigenvalue weighted by atomic mass is 16.5. The molecule has 5 nitrogen and oxygen atoms in total. The molecule has 5 heteroatoms. The van der Waals surface area contributed by atoms with Crippen molar-refractivity contribution < 1.29 is 9.53 Å². The molecule has 0 spiro atoms. The number of hydrogen-bond acceptors (Lipinski definition) is 4. The van der Waals surface area contributed by atoms with E-state index >= 15 is 0 Å². The van der Waals surface area contributed by atoms with E-state index in [2.05, 4.69) is 41.7 Å². The van der Waals surface area contributed by atoms with Crippen molar-refractivity contribution in [1.82, 2.24) is 10.3 Å². The van der Waals surface area contributed by atoms with Gasteiger partial charge in [-0.25, -0.2) is 4.98 Å². The summed E-state index contributed by atoms with van der Waals surface area (Å²) in [5, 5.41) is 12.9. The van der Waals surface area contributed by atoms with Crippen molar-refractivity contribution in [2.75, 3.05) is 6.54 Å². The van der Waals surface area contributed by atoms with Crippen LogP contribution in [0.2, 0.25) is 0 Å². The van der Waals surface area contributed by atoms with Crippen LogP contribution in [0.3, 0.4) is 0 Å². The fourth-order valence-corrected chi connectivity index (χ4v) is 6.65. The van der Waals surface area contributed by atoms with Gasteiger partial charge in [0.25, 0.3) is 5.91 Å². The van der Waals surface area contributed by atoms with E-state index < -0.39 is 0 Å². The van der Waals surface area contributed by atoms with Crippen molar-refractivity contribution in [2.24, 2.45) is 11.8 Å². The third-order valence-electron chi connectivity index (χ3n) is 8.22. The third kappa shape index (κ3) is 4.23. The van der Waals surface area contributed by atoms with E-state index in [0.29, 0.717) is 24.0 Å². The zero-order valence-electron chi connectivity index (χ0n) is 20.7. The second kappa shape index (κ2) is 9.71. The van der Waals surface area contributed by atoms with Crippen molar-refractivity contribution in [2.45, 2.75) is 37.7 Å². The molecule has 184 valence electrons. The van der Waals surface area contributed by atoms with Gasteiger partial charge >= 0.3 is 0 Å². The fourth-order valence-electron chi connectivity index (χ4n) is 6.65. The van der Waals surface area contributed by atoms with E-state index in [9.17, 15) is 4.79 Å². The number of fused-ring (bicyclic) bond motifs is 3. The summed E-state index contributed by atoms with van der Waals surface area (Å²) < 4.78 is 6.27. The van der Waals surface area contributed by atoms with Crippen LogP contribution in [0.1, 0.15) is 52.9 Å². The predicted molar refractivity (Wildman–Crippen MR) is 143 cm³/mol. The summed E-state index contributed by atoms with van der Waals surface area (Å²) in [5.74, 6) is 1.64. The number of hydrogen-bond donors (Lipinski definition) is 1. The molecule has 3 unspecified atom stereocenters. The lowest BCUT2D eigenvalue weighted by molar-refractivity contribution is 0.0955. The molecule has 2 aliphatic carbocycles. The van der Waals surface area contributed by atoms with Crippen molar-refractivity contribution in [3.8, 4) is 11.8 Å². The number of carbonyl (C=O) groups is 1. The van der Waals surface area contributed by atoms with Crippen LogP contribution in [0.4, 0.5) is 0 Å². The topological polar surface area (TPSA) is 75.0 Å². The molecule has 2 bridgehead atoms. The Kier molecular flexibility index (Phi) is 6.10. The first-order chi connectivity index (χ1) is 18.2. The quantitative estimate of drug-likeness (QED) is 0.316. The summed E-state index contributed by atoms with van der Waals surface area (Å²) in [6.45, 7) is 0.323. The molecule has 1 heterocycles. The summed E-state index contributed by atoms with van der Waals surface area (Å²) in [5.41, 5.74) is 4.44. The lowest BCUT2D eigenvalue weighted by Crippen LogP contribution is -2.37. The van der Waals surface area contributed by atoms with Crippen molar-refractivity contribution in [3.63, 3.8) is 0 Å². The number of amides is 1.